The summed E-state index contributed by atoms with van der Waals surface area (Å²) in [4.78, 5) is 22.3. The summed E-state index contributed by atoms with van der Waals surface area (Å²) in [6.45, 7) is 7.65. The first-order chi connectivity index (χ1) is 8.22. The van der Waals surface area contributed by atoms with Crippen molar-refractivity contribution in [1.29, 1.82) is 0 Å². The van der Waals surface area contributed by atoms with E-state index in [0.29, 0.717) is 26.1 Å². The van der Waals surface area contributed by atoms with E-state index in [1.165, 1.54) is 6.08 Å². The molecule has 0 bridgehead atoms. The quantitative estimate of drug-likeness (QED) is 0.354. The summed E-state index contributed by atoms with van der Waals surface area (Å²) in [7, 11) is 0. The van der Waals surface area contributed by atoms with E-state index in [1.54, 1.807) is 0 Å². The van der Waals surface area contributed by atoms with Crippen molar-refractivity contribution in [2.24, 2.45) is 0 Å². The van der Waals surface area contributed by atoms with E-state index in [9.17, 15) is 9.59 Å². The van der Waals surface area contributed by atoms with Crippen molar-refractivity contribution in [3.8, 4) is 0 Å². The molecule has 0 radical (unpaired) electrons. The summed E-state index contributed by atoms with van der Waals surface area (Å²) >= 11 is 0. The van der Waals surface area contributed by atoms with Crippen LogP contribution in [-0.2, 0) is 14.3 Å². The molecule has 2 N–H and O–H groups in total. The molecule has 0 aliphatic rings. The minimum Gasteiger partial charge on any atom is -0.381 e. The minimum atomic E-state index is -0.628. The van der Waals surface area contributed by atoms with Gasteiger partial charge in [-0.25, -0.2) is 0 Å². The minimum absolute atomic E-state index is 0.298. The molecular weight excluding hydrogens is 220 g/mol. The zero-order valence-corrected chi connectivity index (χ0v) is 10.5. The largest absolute Gasteiger partial charge is 0.381 e. The van der Waals surface area contributed by atoms with Crippen molar-refractivity contribution in [3.05, 3.63) is 12.7 Å². The average Bonchev–Trinajstić information content (AvgIpc) is 2.34. The first-order valence-corrected chi connectivity index (χ1v) is 5.97. The maximum Gasteiger partial charge on any atom is 0.309 e. The van der Waals surface area contributed by atoms with Crippen LogP contribution in [0.3, 0.4) is 0 Å². The third-order valence-electron chi connectivity index (χ3n) is 2.01. The van der Waals surface area contributed by atoms with Gasteiger partial charge in [-0.2, -0.15) is 0 Å². The lowest BCUT2D eigenvalue weighted by atomic mass is 10.3. The molecule has 0 aromatic carbocycles. The second-order valence-electron chi connectivity index (χ2n) is 3.57. The average molecular weight is 242 g/mol. The van der Waals surface area contributed by atoms with Gasteiger partial charge >= 0.3 is 11.8 Å². The molecule has 98 valence electrons. The molecule has 0 saturated carbocycles. The van der Waals surface area contributed by atoms with Gasteiger partial charge in [-0.15, -0.1) is 6.58 Å². The van der Waals surface area contributed by atoms with Crippen LogP contribution in [0.15, 0.2) is 12.7 Å². The number of hydrogen-bond acceptors (Lipinski definition) is 3. The zero-order chi connectivity index (χ0) is 12.9. The van der Waals surface area contributed by atoms with Gasteiger partial charge in [-0.3, -0.25) is 9.59 Å². The van der Waals surface area contributed by atoms with Gasteiger partial charge in [0.25, 0.3) is 0 Å². The fourth-order valence-corrected chi connectivity index (χ4v) is 1.05. The van der Waals surface area contributed by atoms with Crippen LogP contribution in [0, 0.1) is 0 Å². The SMILES string of the molecule is C=CCNC(=O)C(=O)NCCCOCCCC. The van der Waals surface area contributed by atoms with Crippen molar-refractivity contribution >= 4 is 11.8 Å². The Balaban J connectivity index is 3.38. The van der Waals surface area contributed by atoms with Crippen molar-refractivity contribution in [1.82, 2.24) is 10.6 Å². The van der Waals surface area contributed by atoms with Crippen LogP contribution in [0.4, 0.5) is 0 Å². The Morgan fingerprint density at radius 3 is 2.47 bits per heavy atom. The summed E-state index contributed by atoms with van der Waals surface area (Å²) in [5.41, 5.74) is 0. The van der Waals surface area contributed by atoms with E-state index in [2.05, 4.69) is 24.1 Å². The van der Waals surface area contributed by atoms with E-state index < -0.39 is 11.8 Å². The molecule has 0 atom stereocenters. The Labute approximate surface area is 103 Å². The molecule has 0 fully saturated rings. The number of ether oxygens (including phenoxy) is 1. The molecule has 5 nitrogen and oxygen atoms in total. The predicted molar refractivity (Wildman–Crippen MR) is 66.6 cm³/mol. The fraction of sp³-hybridized carbons (Fsp3) is 0.667. The molecule has 17 heavy (non-hydrogen) atoms. The van der Waals surface area contributed by atoms with Crippen LogP contribution in [0.2, 0.25) is 0 Å². The highest BCUT2D eigenvalue weighted by Crippen LogP contribution is 1.89. The van der Waals surface area contributed by atoms with Gasteiger partial charge < -0.3 is 15.4 Å². The van der Waals surface area contributed by atoms with Gasteiger partial charge in [0.15, 0.2) is 0 Å². The highest BCUT2D eigenvalue weighted by atomic mass is 16.5. The highest BCUT2D eigenvalue weighted by Gasteiger charge is 2.10. The third kappa shape index (κ3) is 9.56. The summed E-state index contributed by atoms with van der Waals surface area (Å²) in [5, 5.41) is 4.92. The maximum absolute atomic E-state index is 11.2. The van der Waals surface area contributed by atoms with Gasteiger partial charge in [0.1, 0.15) is 0 Å². The maximum atomic E-state index is 11.2. The van der Waals surface area contributed by atoms with Gasteiger partial charge in [0.05, 0.1) is 0 Å². The first-order valence-electron chi connectivity index (χ1n) is 5.97. The lowest BCUT2D eigenvalue weighted by molar-refractivity contribution is -0.139. The molecule has 5 heteroatoms. The van der Waals surface area contributed by atoms with E-state index in [4.69, 9.17) is 4.74 Å². The van der Waals surface area contributed by atoms with Crippen LogP contribution in [0.5, 0.6) is 0 Å². The van der Waals surface area contributed by atoms with E-state index >= 15 is 0 Å². The zero-order valence-electron chi connectivity index (χ0n) is 10.5. The lowest BCUT2D eigenvalue weighted by Gasteiger charge is -2.05. The normalized spacial score (nSPS) is 9.71. The first kappa shape index (κ1) is 15.6. The summed E-state index contributed by atoms with van der Waals surface area (Å²) in [5.74, 6) is -1.24. The standard InChI is InChI=1S/C12H22N2O3/c1-3-5-9-17-10-6-8-14-12(16)11(15)13-7-4-2/h4H,2-3,5-10H2,1H3,(H,13,15)(H,14,16). The summed E-state index contributed by atoms with van der Waals surface area (Å²) in [6.07, 6.45) is 4.40. The monoisotopic (exact) mass is 242 g/mol. The van der Waals surface area contributed by atoms with Crippen molar-refractivity contribution in [2.45, 2.75) is 26.2 Å². The van der Waals surface area contributed by atoms with Crippen molar-refractivity contribution in [3.63, 3.8) is 0 Å². The number of hydrogen-bond donors (Lipinski definition) is 2. The van der Waals surface area contributed by atoms with Crippen molar-refractivity contribution < 1.29 is 14.3 Å². The number of amides is 2. The van der Waals surface area contributed by atoms with Crippen molar-refractivity contribution in [2.75, 3.05) is 26.3 Å². The summed E-state index contributed by atoms with van der Waals surface area (Å²) < 4.78 is 5.32. The van der Waals surface area contributed by atoms with E-state index in [1.807, 2.05) is 0 Å². The highest BCUT2D eigenvalue weighted by molar-refractivity contribution is 6.35. The Bertz CT molecular complexity index is 242. The molecule has 2 amide bonds. The molecule has 0 unspecified atom stereocenters. The van der Waals surface area contributed by atoms with Crippen LogP contribution in [0.25, 0.3) is 0 Å². The van der Waals surface area contributed by atoms with Gasteiger partial charge in [-0.05, 0) is 12.8 Å². The Kier molecular flexibility index (Phi) is 10.2. The number of unbranched alkanes of at least 4 members (excludes halogenated alkanes) is 1. The third-order valence-corrected chi connectivity index (χ3v) is 2.01. The predicted octanol–water partition coefficient (Wildman–Crippen LogP) is 0.612. The number of carbonyl (C=O) groups excluding carboxylic acids is 2. The summed E-state index contributed by atoms with van der Waals surface area (Å²) in [6, 6.07) is 0. The van der Waals surface area contributed by atoms with E-state index in [-0.39, 0.29) is 0 Å². The van der Waals surface area contributed by atoms with Crippen LogP contribution in [-0.4, -0.2) is 38.1 Å². The molecule has 0 heterocycles. The number of rotatable bonds is 9. The van der Waals surface area contributed by atoms with Crippen LogP contribution in [0.1, 0.15) is 26.2 Å². The Morgan fingerprint density at radius 2 is 1.82 bits per heavy atom. The molecule has 0 rings (SSSR count). The molecule has 0 aromatic rings. The molecule has 0 aliphatic heterocycles. The lowest BCUT2D eigenvalue weighted by Crippen LogP contribution is -2.40. The topological polar surface area (TPSA) is 67.4 Å². The fourth-order valence-electron chi connectivity index (χ4n) is 1.05. The van der Waals surface area contributed by atoms with Gasteiger partial charge in [-0.1, -0.05) is 19.4 Å². The molecule has 0 saturated heterocycles. The molecule has 0 aliphatic carbocycles. The number of nitrogens with one attached hydrogen (secondary N) is 2. The molecule has 0 spiro atoms. The van der Waals surface area contributed by atoms with Crippen LogP contribution >= 0.6 is 0 Å². The molecular formula is C12H22N2O3. The van der Waals surface area contributed by atoms with Gasteiger partial charge in [0.2, 0.25) is 0 Å². The number of carbonyl (C=O) groups is 2. The smallest absolute Gasteiger partial charge is 0.309 e. The van der Waals surface area contributed by atoms with E-state index in [0.717, 1.165) is 19.4 Å². The Hall–Kier alpha value is -1.36. The Morgan fingerprint density at radius 1 is 1.18 bits per heavy atom. The second-order valence-corrected chi connectivity index (χ2v) is 3.57. The van der Waals surface area contributed by atoms with Crippen LogP contribution < -0.4 is 10.6 Å². The second kappa shape index (κ2) is 11.1. The molecule has 0 aromatic heterocycles. The van der Waals surface area contributed by atoms with Gasteiger partial charge in [0, 0.05) is 26.3 Å².